The zero-order chi connectivity index (χ0) is 20.5. The Hall–Kier alpha value is -1.88. The van der Waals surface area contributed by atoms with Crippen LogP contribution in [0.4, 0.5) is 0 Å². The van der Waals surface area contributed by atoms with Gasteiger partial charge in [-0.05, 0) is 35.6 Å². The minimum absolute atomic E-state index is 0.0168. The summed E-state index contributed by atoms with van der Waals surface area (Å²) in [5.74, 6) is 0.419. The molecule has 3 aromatic rings. The predicted octanol–water partition coefficient (Wildman–Crippen LogP) is 2.89. The van der Waals surface area contributed by atoms with E-state index in [0.29, 0.717) is 10.7 Å². The Morgan fingerprint density at radius 2 is 2.11 bits per heavy atom. The van der Waals surface area contributed by atoms with Crippen molar-refractivity contribution in [2.45, 2.75) is 29.9 Å². The van der Waals surface area contributed by atoms with Crippen molar-refractivity contribution >= 4 is 50.1 Å². The van der Waals surface area contributed by atoms with E-state index in [1.54, 1.807) is 17.4 Å². The Labute approximate surface area is 172 Å². The molecule has 0 spiro atoms. The van der Waals surface area contributed by atoms with Gasteiger partial charge >= 0.3 is 0 Å². The van der Waals surface area contributed by atoms with Crippen LogP contribution in [0.5, 0.6) is 0 Å². The zero-order valence-corrected chi connectivity index (χ0v) is 18.2. The highest BCUT2D eigenvalue weighted by molar-refractivity contribution is 7.99. The van der Waals surface area contributed by atoms with Crippen molar-refractivity contribution in [3.8, 4) is 0 Å². The monoisotopic (exact) mass is 438 g/mol. The molecule has 0 aliphatic heterocycles. The number of nitrogens with zero attached hydrogens (tertiary/aromatic N) is 2. The number of carbonyl (C=O) groups excluding carboxylic acids is 1. The first-order valence-electron chi connectivity index (χ1n) is 8.61. The predicted molar refractivity (Wildman–Crippen MR) is 113 cm³/mol. The van der Waals surface area contributed by atoms with Crippen molar-refractivity contribution in [1.82, 2.24) is 14.9 Å². The van der Waals surface area contributed by atoms with Crippen molar-refractivity contribution in [3.63, 3.8) is 0 Å². The number of amides is 1. The quantitative estimate of drug-likeness (QED) is 0.552. The molecule has 7 nitrogen and oxygen atoms in total. The van der Waals surface area contributed by atoms with Crippen molar-refractivity contribution in [2.75, 3.05) is 5.75 Å². The fourth-order valence-electron chi connectivity index (χ4n) is 2.84. The van der Waals surface area contributed by atoms with Crippen LogP contribution < -0.4 is 10.5 Å². The van der Waals surface area contributed by atoms with Gasteiger partial charge in [-0.25, -0.2) is 18.5 Å². The molecule has 2 heterocycles. The molecule has 3 N–H and O–H groups in total. The highest BCUT2D eigenvalue weighted by Gasteiger charge is 2.20. The second kappa shape index (κ2) is 8.24. The summed E-state index contributed by atoms with van der Waals surface area (Å²) >= 11 is 2.93. The minimum Gasteiger partial charge on any atom is -0.347 e. The van der Waals surface area contributed by atoms with E-state index < -0.39 is 10.0 Å². The second-order valence-electron chi connectivity index (χ2n) is 6.74. The van der Waals surface area contributed by atoms with Crippen molar-refractivity contribution in [3.05, 3.63) is 40.6 Å². The lowest BCUT2D eigenvalue weighted by molar-refractivity contribution is -0.119. The molecule has 0 aliphatic rings. The van der Waals surface area contributed by atoms with E-state index in [1.807, 2.05) is 29.1 Å². The molecular formula is C18H22N4O3S3. The van der Waals surface area contributed by atoms with Crippen molar-refractivity contribution in [2.24, 2.45) is 18.1 Å². The van der Waals surface area contributed by atoms with Gasteiger partial charge in [-0.2, -0.15) is 0 Å². The van der Waals surface area contributed by atoms with E-state index in [9.17, 15) is 13.2 Å². The number of aromatic nitrogens is 2. The fraction of sp³-hybridized carbons (Fsp3) is 0.333. The molecule has 0 aliphatic carbocycles. The summed E-state index contributed by atoms with van der Waals surface area (Å²) in [6, 6.07) is 8.54. The van der Waals surface area contributed by atoms with E-state index >= 15 is 0 Å². The number of nitrogens with two attached hydrogens (primary N) is 1. The standard InChI is InChI=1S/C18H22N4O3S3/c1-11(2)17(15-5-4-8-26-15)21-16(23)10-27-18-20-13-9-12(28(19,24)25)6-7-14(13)22(18)3/h4-9,11,17H,10H2,1-3H3,(H,21,23)(H2,19,24,25)/t17-/m0/s1. The summed E-state index contributed by atoms with van der Waals surface area (Å²) in [7, 11) is -1.96. The number of sulfonamides is 1. The Bertz CT molecular complexity index is 1090. The molecule has 1 aromatic carbocycles. The van der Waals surface area contributed by atoms with Crippen LogP contribution in [0.3, 0.4) is 0 Å². The molecule has 0 saturated carbocycles. The van der Waals surface area contributed by atoms with E-state index in [-0.39, 0.29) is 28.5 Å². The van der Waals surface area contributed by atoms with Gasteiger partial charge in [0.15, 0.2) is 5.16 Å². The van der Waals surface area contributed by atoms with Gasteiger partial charge in [0, 0.05) is 11.9 Å². The van der Waals surface area contributed by atoms with Gasteiger partial charge in [-0.3, -0.25) is 4.79 Å². The Morgan fingerprint density at radius 3 is 2.71 bits per heavy atom. The lowest BCUT2D eigenvalue weighted by Crippen LogP contribution is -2.32. The number of nitrogens with one attached hydrogen (secondary N) is 1. The van der Waals surface area contributed by atoms with Gasteiger partial charge in [0.2, 0.25) is 15.9 Å². The smallest absolute Gasteiger partial charge is 0.238 e. The van der Waals surface area contributed by atoms with Gasteiger partial charge in [-0.1, -0.05) is 31.7 Å². The molecule has 1 amide bonds. The number of rotatable bonds is 7. The molecule has 0 fully saturated rings. The maximum absolute atomic E-state index is 12.5. The number of benzene rings is 1. The summed E-state index contributed by atoms with van der Waals surface area (Å²) in [4.78, 5) is 18.1. The van der Waals surface area contributed by atoms with E-state index in [4.69, 9.17) is 5.14 Å². The fourth-order valence-corrected chi connectivity index (χ4v) is 5.12. The molecule has 2 aromatic heterocycles. The van der Waals surface area contributed by atoms with Crippen LogP contribution in [-0.2, 0) is 21.9 Å². The molecule has 10 heteroatoms. The number of fused-ring (bicyclic) bond motifs is 1. The summed E-state index contributed by atoms with van der Waals surface area (Å²) in [6.45, 7) is 4.15. The topological polar surface area (TPSA) is 107 Å². The van der Waals surface area contributed by atoms with Crippen LogP contribution in [0.2, 0.25) is 0 Å². The maximum Gasteiger partial charge on any atom is 0.238 e. The van der Waals surface area contributed by atoms with Gasteiger partial charge < -0.3 is 9.88 Å². The third-order valence-electron chi connectivity index (χ3n) is 4.31. The highest BCUT2D eigenvalue weighted by Crippen LogP contribution is 2.27. The lowest BCUT2D eigenvalue weighted by atomic mass is 10.0. The Kier molecular flexibility index (Phi) is 6.13. The minimum atomic E-state index is -3.79. The van der Waals surface area contributed by atoms with Gasteiger partial charge in [-0.15, -0.1) is 11.3 Å². The average Bonchev–Trinajstić information content (AvgIpc) is 3.25. The first kappa shape index (κ1) is 20.8. The number of imidazole rings is 1. The molecule has 0 bridgehead atoms. The van der Waals surface area contributed by atoms with Crippen molar-refractivity contribution < 1.29 is 13.2 Å². The average molecular weight is 439 g/mol. The van der Waals surface area contributed by atoms with Gasteiger partial charge in [0.05, 0.1) is 27.7 Å². The summed E-state index contributed by atoms with van der Waals surface area (Å²) in [6.07, 6.45) is 0. The van der Waals surface area contributed by atoms with Crippen LogP contribution in [0.25, 0.3) is 11.0 Å². The van der Waals surface area contributed by atoms with Crippen LogP contribution >= 0.6 is 23.1 Å². The van der Waals surface area contributed by atoms with E-state index in [0.717, 1.165) is 10.4 Å². The lowest BCUT2D eigenvalue weighted by Gasteiger charge is -2.21. The molecule has 0 saturated heterocycles. The van der Waals surface area contributed by atoms with Crippen LogP contribution in [0, 0.1) is 5.92 Å². The summed E-state index contributed by atoms with van der Waals surface area (Å²) < 4.78 is 24.9. The first-order chi connectivity index (χ1) is 13.2. The maximum atomic E-state index is 12.5. The molecule has 1 atom stereocenters. The van der Waals surface area contributed by atoms with Crippen LogP contribution in [0.15, 0.2) is 45.8 Å². The second-order valence-corrected chi connectivity index (χ2v) is 10.2. The van der Waals surface area contributed by atoms with E-state index in [1.165, 1.54) is 23.9 Å². The molecule has 0 unspecified atom stereocenters. The number of hydrogen-bond acceptors (Lipinski definition) is 6. The number of primary sulfonamides is 1. The summed E-state index contributed by atoms with van der Waals surface area (Å²) in [5.41, 5.74) is 1.30. The third-order valence-corrected chi connectivity index (χ3v) is 7.20. The molecular weight excluding hydrogens is 416 g/mol. The Morgan fingerprint density at radius 1 is 1.36 bits per heavy atom. The number of hydrogen-bond donors (Lipinski definition) is 2. The van der Waals surface area contributed by atoms with Crippen molar-refractivity contribution in [1.29, 1.82) is 0 Å². The largest absolute Gasteiger partial charge is 0.347 e. The highest BCUT2D eigenvalue weighted by atomic mass is 32.2. The number of thioether (sulfide) groups is 1. The first-order valence-corrected chi connectivity index (χ1v) is 12.0. The molecule has 150 valence electrons. The number of carbonyl (C=O) groups is 1. The normalized spacial score (nSPS) is 13.2. The zero-order valence-electron chi connectivity index (χ0n) is 15.7. The molecule has 28 heavy (non-hydrogen) atoms. The van der Waals surface area contributed by atoms with E-state index in [2.05, 4.69) is 24.1 Å². The molecule has 0 radical (unpaired) electrons. The van der Waals surface area contributed by atoms with Crippen LogP contribution in [-0.4, -0.2) is 29.6 Å². The SMILES string of the molecule is CC(C)[C@H](NC(=O)CSc1nc2cc(S(N)(=O)=O)ccc2n1C)c1cccs1. The van der Waals surface area contributed by atoms with Crippen LogP contribution in [0.1, 0.15) is 24.8 Å². The summed E-state index contributed by atoms with van der Waals surface area (Å²) in [5, 5.41) is 10.9. The van der Waals surface area contributed by atoms with Gasteiger partial charge in [0.1, 0.15) is 0 Å². The Balaban J connectivity index is 1.72. The number of thiophene rings is 1. The van der Waals surface area contributed by atoms with Gasteiger partial charge in [0.25, 0.3) is 0 Å². The number of aryl methyl sites for hydroxylation is 1. The third kappa shape index (κ3) is 4.57. The molecule has 3 rings (SSSR count).